The molecule has 1 heterocycles. The molecule has 1 fully saturated rings. The predicted molar refractivity (Wildman–Crippen MR) is 338 cm³/mol. The number of unbranched alkanes of at least 4 members (excludes halogenated alkanes) is 32. The molecule has 7 unspecified atom stereocenters. The van der Waals surface area contributed by atoms with Gasteiger partial charge in [0, 0.05) is 12.8 Å². The number of aliphatic hydroxyl groups is 5. The van der Waals surface area contributed by atoms with E-state index < -0.39 is 49.5 Å². The second-order valence-corrected chi connectivity index (χ2v) is 22.8. The van der Waals surface area contributed by atoms with Gasteiger partial charge in [-0.1, -0.05) is 240 Å². The van der Waals surface area contributed by atoms with Crippen molar-refractivity contribution < 1.29 is 49.3 Å². The zero-order chi connectivity index (χ0) is 58.7. The number of hydrogen-bond acceptors (Lipinski definition) is 10. The van der Waals surface area contributed by atoms with Crippen LogP contribution in [0.1, 0.15) is 284 Å². The molecule has 0 radical (unpaired) electrons. The van der Waals surface area contributed by atoms with Crippen LogP contribution in [0, 0.1) is 0 Å². The summed E-state index contributed by atoms with van der Waals surface area (Å²) in [4.78, 5) is 25.1. The topological polar surface area (TPSA) is 175 Å². The molecule has 0 spiro atoms. The minimum Gasteiger partial charge on any atom is -0.466 e. The van der Waals surface area contributed by atoms with E-state index in [-0.39, 0.29) is 18.5 Å². The Morgan fingerprint density at radius 2 is 0.889 bits per heavy atom. The van der Waals surface area contributed by atoms with E-state index >= 15 is 0 Å². The quantitative estimate of drug-likeness (QED) is 0.0195. The number of esters is 1. The van der Waals surface area contributed by atoms with E-state index in [4.69, 9.17) is 14.2 Å². The highest BCUT2D eigenvalue weighted by Gasteiger charge is 2.44. The molecule has 0 aliphatic carbocycles. The molecule has 1 saturated heterocycles. The number of amides is 1. The third-order valence-electron chi connectivity index (χ3n) is 15.3. The lowest BCUT2D eigenvalue weighted by Crippen LogP contribution is -2.60. The molecule has 1 aliphatic rings. The smallest absolute Gasteiger partial charge is 0.305 e. The van der Waals surface area contributed by atoms with Crippen LogP contribution in [-0.4, -0.2) is 100 Å². The third-order valence-corrected chi connectivity index (χ3v) is 15.3. The van der Waals surface area contributed by atoms with Crippen LogP contribution in [-0.2, 0) is 23.8 Å². The van der Waals surface area contributed by atoms with Crippen LogP contribution in [0.4, 0.5) is 0 Å². The van der Waals surface area contributed by atoms with Gasteiger partial charge in [-0.15, -0.1) is 0 Å². The Kier molecular flexibility index (Phi) is 54.9. The van der Waals surface area contributed by atoms with Gasteiger partial charge < -0.3 is 45.1 Å². The maximum Gasteiger partial charge on any atom is 0.305 e. The zero-order valence-corrected chi connectivity index (χ0v) is 51.7. The van der Waals surface area contributed by atoms with Gasteiger partial charge in [-0.2, -0.15) is 0 Å². The molecule has 7 atom stereocenters. The Labute approximate surface area is 495 Å². The molecule has 0 aromatic rings. The first-order valence-electron chi connectivity index (χ1n) is 33.3. The van der Waals surface area contributed by atoms with E-state index in [2.05, 4.69) is 79.1 Å². The molecule has 6 N–H and O–H groups in total. The number of allylic oxidation sites excluding steroid dienone is 13. The molecular weight excluding hydrogens is 1010 g/mol. The minimum atomic E-state index is -1.58. The van der Waals surface area contributed by atoms with Crippen LogP contribution in [0.15, 0.2) is 85.1 Å². The molecule has 11 heteroatoms. The molecule has 1 amide bonds. The lowest BCUT2D eigenvalue weighted by molar-refractivity contribution is -0.302. The lowest BCUT2D eigenvalue weighted by Gasteiger charge is -2.40. The van der Waals surface area contributed by atoms with Crippen molar-refractivity contribution in [1.29, 1.82) is 0 Å². The van der Waals surface area contributed by atoms with Crippen molar-refractivity contribution in [3.8, 4) is 0 Å². The van der Waals surface area contributed by atoms with Crippen LogP contribution in [0.5, 0.6) is 0 Å². The third kappa shape index (κ3) is 47.8. The lowest BCUT2D eigenvalue weighted by atomic mass is 9.99. The fraction of sp³-hybridized carbons (Fsp3) is 0.771. The molecule has 81 heavy (non-hydrogen) atoms. The van der Waals surface area contributed by atoms with Crippen LogP contribution in [0.25, 0.3) is 0 Å². The van der Waals surface area contributed by atoms with Gasteiger partial charge >= 0.3 is 5.97 Å². The van der Waals surface area contributed by atoms with Gasteiger partial charge in [0.15, 0.2) is 6.29 Å². The number of hydrogen-bond donors (Lipinski definition) is 6. The Hall–Kier alpha value is -3.16. The van der Waals surface area contributed by atoms with Gasteiger partial charge in [-0.25, -0.2) is 0 Å². The molecule has 0 bridgehead atoms. The van der Waals surface area contributed by atoms with E-state index in [0.717, 1.165) is 89.9 Å². The molecule has 468 valence electrons. The standard InChI is InChI=1S/C70H123NO10/c1-3-5-7-9-11-13-14-15-16-28-32-35-38-42-46-50-54-58-66(75)79-59-55-51-47-43-39-36-33-30-27-25-23-21-19-17-18-20-22-24-26-29-31-34-37-41-45-49-53-57-65(74)71-62(63(73)56-52-48-44-40-12-10-8-6-4-2)61-80-70-69(78)68(77)67(76)64(60-72)81-70/h4,6,11-13,15-18,21,23,40,52,56,62-64,67-70,72-73,76-78H,3,5,7-10,14,19-20,22,24-39,41-51,53-55,57-61H2,1-2H3,(H,71,74)/b6-4+,13-11+,16-15+,18-17+,23-21+,40-12+,56-52+. The number of nitrogens with one attached hydrogen (secondary N) is 1. The molecule has 0 saturated carbocycles. The minimum absolute atomic E-state index is 0.00826. The zero-order valence-electron chi connectivity index (χ0n) is 51.7. The predicted octanol–water partition coefficient (Wildman–Crippen LogP) is 16.5. The largest absolute Gasteiger partial charge is 0.466 e. The van der Waals surface area contributed by atoms with Crippen molar-refractivity contribution in [2.24, 2.45) is 0 Å². The number of rotatable bonds is 57. The monoisotopic (exact) mass is 1140 g/mol. The Balaban J connectivity index is 1.96. The SMILES string of the molecule is C/C=C/CC/C=C/CC/C=C/C(O)C(COC1OC(CO)C(O)C(O)C1O)NC(=O)CCCCCCCCCCCCC/C=C/C/C=C/CCCCCCCCCCCOC(=O)CCCCCCCCC/C=C/C/C=C/CCCCC. The molecule has 0 aromatic heterocycles. The Bertz CT molecular complexity index is 1620. The van der Waals surface area contributed by atoms with Gasteiger partial charge in [0.25, 0.3) is 0 Å². The van der Waals surface area contributed by atoms with Gasteiger partial charge in [-0.05, 0) is 116 Å². The average molecular weight is 1140 g/mol. The summed E-state index contributed by atoms with van der Waals surface area (Å²) in [6.45, 7) is 4.06. The second-order valence-electron chi connectivity index (χ2n) is 22.8. The summed E-state index contributed by atoms with van der Waals surface area (Å²) in [5.74, 6) is -0.212. The van der Waals surface area contributed by atoms with Gasteiger partial charge in [0.1, 0.15) is 24.4 Å². The van der Waals surface area contributed by atoms with Crippen molar-refractivity contribution >= 4 is 11.9 Å². The fourth-order valence-electron chi connectivity index (χ4n) is 10.0. The van der Waals surface area contributed by atoms with Crippen molar-refractivity contribution in [1.82, 2.24) is 5.32 Å². The number of aliphatic hydroxyl groups excluding tert-OH is 5. The van der Waals surface area contributed by atoms with E-state index in [0.29, 0.717) is 19.4 Å². The van der Waals surface area contributed by atoms with Crippen LogP contribution in [0.3, 0.4) is 0 Å². The summed E-state index contributed by atoms with van der Waals surface area (Å²) >= 11 is 0. The summed E-state index contributed by atoms with van der Waals surface area (Å²) in [6, 6.07) is -0.838. The molecule has 0 aromatic carbocycles. The molecule has 11 nitrogen and oxygen atoms in total. The number of carbonyl (C=O) groups is 2. The van der Waals surface area contributed by atoms with E-state index in [1.807, 2.05) is 19.1 Å². The maximum atomic E-state index is 13.0. The first-order chi connectivity index (χ1) is 39.7. The second kappa shape index (κ2) is 58.6. The van der Waals surface area contributed by atoms with Crippen molar-refractivity contribution in [3.63, 3.8) is 0 Å². The van der Waals surface area contributed by atoms with Crippen molar-refractivity contribution in [3.05, 3.63) is 85.1 Å². The van der Waals surface area contributed by atoms with Gasteiger partial charge in [0.2, 0.25) is 5.91 Å². The Morgan fingerprint density at radius 1 is 0.481 bits per heavy atom. The first-order valence-corrected chi connectivity index (χ1v) is 33.3. The first kappa shape index (κ1) is 75.9. The Morgan fingerprint density at radius 3 is 1.36 bits per heavy atom. The van der Waals surface area contributed by atoms with E-state index in [1.165, 1.54) is 167 Å². The summed E-state index contributed by atoms with van der Waals surface area (Å²) in [5.41, 5.74) is 0. The summed E-state index contributed by atoms with van der Waals surface area (Å²) in [6.07, 6.45) is 70.2. The average Bonchev–Trinajstić information content (AvgIpc) is 3.49. The number of carbonyl (C=O) groups excluding carboxylic acids is 2. The highest BCUT2D eigenvalue weighted by Crippen LogP contribution is 2.23. The molecule has 1 aliphatic heterocycles. The van der Waals surface area contributed by atoms with Gasteiger partial charge in [0.05, 0.1) is 32.0 Å². The van der Waals surface area contributed by atoms with E-state index in [9.17, 15) is 35.1 Å². The molecule has 1 rings (SSSR count). The fourth-order valence-corrected chi connectivity index (χ4v) is 10.0. The van der Waals surface area contributed by atoms with Crippen LogP contribution in [0.2, 0.25) is 0 Å². The van der Waals surface area contributed by atoms with E-state index in [1.54, 1.807) is 6.08 Å². The van der Waals surface area contributed by atoms with Crippen molar-refractivity contribution in [2.75, 3.05) is 19.8 Å². The summed E-state index contributed by atoms with van der Waals surface area (Å²) < 4.78 is 16.7. The van der Waals surface area contributed by atoms with Crippen molar-refractivity contribution in [2.45, 2.75) is 326 Å². The maximum absolute atomic E-state index is 13.0. The summed E-state index contributed by atoms with van der Waals surface area (Å²) in [5, 5.41) is 54.2. The number of ether oxygens (including phenoxy) is 3. The normalized spacial score (nSPS) is 18.8. The van der Waals surface area contributed by atoms with Crippen LogP contribution < -0.4 is 5.32 Å². The van der Waals surface area contributed by atoms with Crippen LogP contribution >= 0.6 is 0 Å². The van der Waals surface area contributed by atoms with Gasteiger partial charge in [-0.3, -0.25) is 9.59 Å². The highest BCUT2D eigenvalue weighted by molar-refractivity contribution is 5.76. The highest BCUT2D eigenvalue weighted by atomic mass is 16.7. The molecular formula is C70H123NO10. The summed E-state index contributed by atoms with van der Waals surface area (Å²) in [7, 11) is 0.